The van der Waals surface area contributed by atoms with E-state index in [1.807, 2.05) is 13.1 Å². The average Bonchev–Trinajstić information content (AvgIpc) is 2.88. The highest BCUT2D eigenvalue weighted by Gasteiger charge is 2.15. The van der Waals surface area contributed by atoms with Gasteiger partial charge in [-0.2, -0.15) is 0 Å². The van der Waals surface area contributed by atoms with E-state index in [0.29, 0.717) is 5.56 Å². The molecule has 1 aliphatic rings. The Labute approximate surface area is 116 Å². The van der Waals surface area contributed by atoms with Crippen LogP contribution in [0.2, 0.25) is 0 Å². The number of amides is 1. The minimum Gasteiger partial charge on any atom is -0.340 e. The van der Waals surface area contributed by atoms with Crippen LogP contribution >= 0.6 is 15.9 Å². The molecule has 1 aromatic rings. The zero-order valence-corrected chi connectivity index (χ0v) is 12.2. The number of likely N-dealkylation sites (tertiary alicyclic amines) is 1. The van der Waals surface area contributed by atoms with Crippen LogP contribution in [0.25, 0.3) is 0 Å². The van der Waals surface area contributed by atoms with Crippen LogP contribution < -0.4 is 0 Å². The summed E-state index contributed by atoms with van der Waals surface area (Å²) in [6.45, 7) is 4.07. The maximum atomic E-state index is 12.1. The van der Waals surface area contributed by atoms with Crippen LogP contribution in [0.3, 0.4) is 0 Å². The molecule has 1 aliphatic heterocycles. The highest BCUT2D eigenvalue weighted by Crippen LogP contribution is 2.11. The number of nitrogens with zero attached hydrogens (tertiary/aromatic N) is 3. The summed E-state index contributed by atoms with van der Waals surface area (Å²) in [7, 11) is 1.85. The minimum atomic E-state index is 0.0306. The zero-order chi connectivity index (χ0) is 13.0. The van der Waals surface area contributed by atoms with E-state index in [4.69, 9.17) is 0 Å². The van der Waals surface area contributed by atoms with Gasteiger partial charge in [0.15, 0.2) is 0 Å². The summed E-state index contributed by atoms with van der Waals surface area (Å²) in [6.07, 6.45) is 5.86. The summed E-state index contributed by atoms with van der Waals surface area (Å²) in [5.74, 6) is 0.0306. The molecule has 0 N–H and O–H groups in total. The van der Waals surface area contributed by atoms with E-state index in [1.165, 1.54) is 25.9 Å². The van der Waals surface area contributed by atoms with Gasteiger partial charge in [0.2, 0.25) is 0 Å². The largest absolute Gasteiger partial charge is 0.340 e. The molecule has 1 aromatic heterocycles. The summed E-state index contributed by atoms with van der Waals surface area (Å²) in [5, 5.41) is 0. The second-order valence-electron chi connectivity index (χ2n) is 4.67. The van der Waals surface area contributed by atoms with E-state index in [-0.39, 0.29) is 5.91 Å². The molecule has 0 bridgehead atoms. The number of hydrogen-bond acceptors (Lipinski definition) is 3. The third kappa shape index (κ3) is 3.53. The molecule has 0 unspecified atom stereocenters. The van der Waals surface area contributed by atoms with Gasteiger partial charge in [0, 0.05) is 37.0 Å². The van der Waals surface area contributed by atoms with Crippen LogP contribution in [0.5, 0.6) is 0 Å². The Morgan fingerprint density at radius 2 is 2.17 bits per heavy atom. The fourth-order valence-electron chi connectivity index (χ4n) is 2.15. The molecule has 5 heteroatoms. The van der Waals surface area contributed by atoms with Crippen molar-refractivity contribution in [2.75, 3.05) is 33.2 Å². The number of halogens is 1. The lowest BCUT2D eigenvalue weighted by atomic mass is 10.2. The number of hydrogen-bond donors (Lipinski definition) is 0. The lowest BCUT2D eigenvalue weighted by molar-refractivity contribution is 0.0782. The summed E-state index contributed by atoms with van der Waals surface area (Å²) in [5.41, 5.74) is 0.633. The van der Waals surface area contributed by atoms with E-state index in [9.17, 15) is 4.79 Å². The van der Waals surface area contributed by atoms with Crippen LogP contribution in [0.1, 0.15) is 23.2 Å². The van der Waals surface area contributed by atoms with E-state index in [0.717, 1.165) is 17.6 Å². The molecule has 0 radical (unpaired) electrons. The van der Waals surface area contributed by atoms with Crippen LogP contribution in [0.15, 0.2) is 22.9 Å². The molecule has 2 heterocycles. The number of aromatic nitrogens is 1. The van der Waals surface area contributed by atoms with Crippen molar-refractivity contribution in [3.63, 3.8) is 0 Å². The molecule has 0 aromatic carbocycles. The first kappa shape index (κ1) is 13.5. The second-order valence-corrected chi connectivity index (χ2v) is 5.58. The molecule has 0 saturated carbocycles. The third-order valence-corrected chi connectivity index (χ3v) is 3.68. The van der Waals surface area contributed by atoms with Crippen molar-refractivity contribution in [3.8, 4) is 0 Å². The van der Waals surface area contributed by atoms with E-state index < -0.39 is 0 Å². The van der Waals surface area contributed by atoms with Gasteiger partial charge in [-0.25, -0.2) is 0 Å². The average molecular weight is 312 g/mol. The molecule has 4 nitrogen and oxygen atoms in total. The molecule has 0 spiro atoms. The molecule has 98 valence electrons. The van der Waals surface area contributed by atoms with Crippen LogP contribution in [0, 0.1) is 0 Å². The van der Waals surface area contributed by atoms with Crippen molar-refractivity contribution in [1.82, 2.24) is 14.8 Å². The molecule has 18 heavy (non-hydrogen) atoms. The third-order valence-electron chi connectivity index (χ3n) is 3.25. The van der Waals surface area contributed by atoms with Gasteiger partial charge in [-0.1, -0.05) is 0 Å². The Bertz CT molecular complexity index is 418. The molecular weight excluding hydrogens is 294 g/mol. The van der Waals surface area contributed by atoms with Crippen molar-refractivity contribution < 1.29 is 4.79 Å². The normalized spacial score (nSPS) is 15.9. The predicted octanol–water partition coefficient (Wildman–Crippen LogP) is 2.01. The van der Waals surface area contributed by atoms with Gasteiger partial charge >= 0.3 is 0 Å². The van der Waals surface area contributed by atoms with Crippen molar-refractivity contribution in [3.05, 3.63) is 28.5 Å². The van der Waals surface area contributed by atoms with Gasteiger partial charge in [-0.15, -0.1) is 0 Å². The fourth-order valence-corrected chi connectivity index (χ4v) is 2.51. The molecule has 0 aliphatic carbocycles. The smallest absolute Gasteiger partial charge is 0.255 e. The lowest BCUT2D eigenvalue weighted by Crippen LogP contribution is -2.35. The monoisotopic (exact) mass is 311 g/mol. The quantitative estimate of drug-likeness (QED) is 0.853. The van der Waals surface area contributed by atoms with E-state index in [2.05, 4.69) is 25.8 Å². The highest BCUT2D eigenvalue weighted by molar-refractivity contribution is 9.10. The van der Waals surface area contributed by atoms with Crippen molar-refractivity contribution >= 4 is 21.8 Å². The van der Waals surface area contributed by atoms with Gasteiger partial charge < -0.3 is 9.80 Å². The Hall–Kier alpha value is -0.940. The minimum absolute atomic E-state index is 0.0306. The van der Waals surface area contributed by atoms with E-state index >= 15 is 0 Å². The predicted molar refractivity (Wildman–Crippen MR) is 74.6 cm³/mol. The number of carbonyl (C=O) groups is 1. The Balaban J connectivity index is 1.87. The molecule has 1 fully saturated rings. The summed E-state index contributed by atoms with van der Waals surface area (Å²) < 4.78 is 0.835. The lowest BCUT2D eigenvalue weighted by Gasteiger charge is -2.21. The topological polar surface area (TPSA) is 36.4 Å². The zero-order valence-electron chi connectivity index (χ0n) is 10.6. The SMILES string of the molecule is CN(CCN1CCCC1)C(=O)c1cncc(Br)c1. The van der Waals surface area contributed by atoms with Crippen LogP contribution in [-0.2, 0) is 0 Å². The van der Waals surface area contributed by atoms with Crippen molar-refractivity contribution in [2.45, 2.75) is 12.8 Å². The summed E-state index contributed by atoms with van der Waals surface area (Å²) >= 11 is 3.33. The Morgan fingerprint density at radius 3 is 2.83 bits per heavy atom. The van der Waals surface area contributed by atoms with Crippen molar-refractivity contribution in [1.29, 1.82) is 0 Å². The standard InChI is InChI=1S/C13H18BrN3O/c1-16(6-7-17-4-2-3-5-17)13(18)11-8-12(14)10-15-9-11/h8-10H,2-7H2,1H3. The van der Waals surface area contributed by atoms with E-state index in [1.54, 1.807) is 17.3 Å². The number of likely N-dealkylation sites (N-methyl/N-ethyl adjacent to an activating group) is 1. The van der Waals surface area contributed by atoms with Gasteiger partial charge in [0.05, 0.1) is 5.56 Å². The maximum absolute atomic E-state index is 12.1. The van der Waals surface area contributed by atoms with Crippen LogP contribution in [-0.4, -0.2) is 53.9 Å². The Kier molecular flexibility index (Phi) is 4.72. The summed E-state index contributed by atoms with van der Waals surface area (Å²) in [6, 6.07) is 1.81. The van der Waals surface area contributed by atoms with Crippen LogP contribution in [0.4, 0.5) is 0 Å². The Morgan fingerprint density at radius 1 is 1.44 bits per heavy atom. The summed E-state index contributed by atoms with van der Waals surface area (Å²) in [4.78, 5) is 20.3. The van der Waals surface area contributed by atoms with Gasteiger partial charge in [-0.05, 0) is 47.9 Å². The number of carbonyl (C=O) groups excluding carboxylic acids is 1. The molecule has 0 atom stereocenters. The fraction of sp³-hybridized carbons (Fsp3) is 0.538. The molecule has 1 amide bonds. The molecule has 1 saturated heterocycles. The molecule has 2 rings (SSSR count). The van der Waals surface area contributed by atoms with Gasteiger partial charge in [0.1, 0.15) is 0 Å². The first-order valence-electron chi connectivity index (χ1n) is 6.25. The maximum Gasteiger partial charge on any atom is 0.255 e. The first-order valence-corrected chi connectivity index (χ1v) is 7.04. The second kappa shape index (κ2) is 6.29. The first-order chi connectivity index (χ1) is 8.66. The van der Waals surface area contributed by atoms with Crippen molar-refractivity contribution in [2.24, 2.45) is 0 Å². The number of pyridine rings is 1. The molecular formula is C13H18BrN3O. The highest BCUT2D eigenvalue weighted by atomic mass is 79.9. The van der Waals surface area contributed by atoms with Gasteiger partial charge in [-0.3, -0.25) is 9.78 Å². The van der Waals surface area contributed by atoms with Gasteiger partial charge in [0.25, 0.3) is 5.91 Å². The number of rotatable bonds is 4.